The molecule has 0 aliphatic carbocycles. The number of carbonyl (C=O) groups is 3. The SMILES string of the molecule is CCCCCCCCCCCCCCOCC(CNC(=O)C(CC(N)=O)NC(=O)O)OCCCCCCCCCCCCCC. The predicted octanol–water partition coefficient (Wildman–Crippen LogP) is 8.42. The summed E-state index contributed by atoms with van der Waals surface area (Å²) in [7, 11) is 0. The van der Waals surface area contributed by atoms with Crippen molar-refractivity contribution in [3.05, 3.63) is 0 Å². The molecular formula is C36H71N3O6. The minimum atomic E-state index is -1.39. The van der Waals surface area contributed by atoms with Gasteiger partial charge in [0.2, 0.25) is 11.8 Å². The number of nitrogens with one attached hydrogen (secondary N) is 2. The largest absolute Gasteiger partial charge is 0.465 e. The van der Waals surface area contributed by atoms with Crippen LogP contribution in [0.5, 0.6) is 0 Å². The maximum Gasteiger partial charge on any atom is 0.405 e. The normalized spacial score (nSPS) is 12.6. The number of hydrogen-bond acceptors (Lipinski definition) is 5. The summed E-state index contributed by atoms with van der Waals surface area (Å²) in [5.74, 6) is -1.36. The Morgan fingerprint density at radius 2 is 1.02 bits per heavy atom. The van der Waals surface area contributed by atoms with E-state index in [0.717, 1.165) is 25.7 Å². The Bertz CT molecular complexity index is 678. The number of hydrogen-bond donors (Lipinski definition) is 4. The molecule has 2 atom stereocenters. The molecule has 0 aromatic carbocycles. The van der Waals surface area contributed by atoms with Gasteiger partial charge in [-0.15, -0.1) is 0 Å². The number of ether oxygens (including phenoxy) is 2. The van der Waals surface area contributed by atoms with Gasteiger partial charge in [0.25, 0.3) is 0 Å². The molecule has 0 saturated carbocycles. The summed E-state index contributed by atoms with van der Waals surface area (Å²) >= 11 is 0. The summed E-state index contributed by atoms with van der Waals surface area (Å²) < 4.78 is 12.0. The number of primary amides is 1. The number of carbonyl (C=O) groups excluding carboxylic acids is 2. The second-order valence-electron chi connectivity index (χ2n) is 12.8. The van der Waals surface area contributed by atoms with Gasteiger partial charge in [0, 0.05) is 19.8 Å². The van der Waals surface area contributed by atoms with Gasteiger partial charge in [0.15, 0.2) is 0 Å². The van der Waals surface area contributed by atoms with Crippen LogP contribution in [-0.2, 0) is 19.1 Å². The molecule has 5 N–H and O–H groups in total. The van der Waals surface area contributed by atoms with Crippen LogP contribution >= 0.6 is 0 Å². The third kappa shape index (κ3) is 31.9. The van der Waals surface area contributed by atoms with E-state index in [2.05, 4.69) is 24.5 Å². The fourth-order valence-corrected chi connectivity index (χ4v) is 5.52. The molecule has 0 aliphatic heterocycles. The second-order valence-corrected chi connectivity index (χ2v) is 12.8. The maximum absolute atomic E-state index is 12.6. The Morgan fingerprint density at radius 1 is 0.622 bits per heavy atom. The first-order chi connectivity index (χ1) is 21.9. The van der Waals surface area contributed by atoms with Crippen molar-refractivity contribution >= 4 is 17.9 Å². The molecule has 0 aromatic rings. The van der Waals surface area contributed by atoms with Crippen LogP contribution in [0.15, 0.2) is 0 Å². The van der Waals surface area contributed by atoms with E-state index < -0.39 is 30.4 Å². The van der Waals surface area contributed by atoms with Crippen LogP contribution in [-0.4, -0.2) is 61.5 Å². The summed E-state index contributed by atoms with van der Waals surface area (Å²) in [6.45, 7) is 6.26. The second kappa shape index (κ2) is 33.5. The van der Waals surface area contributed by atoms with E-state index in [9.17, 15) is 14.4 Å². The summed E-state index contributed by atoms with van der Waals surface area (Å²) in [4.78, 5) is 34.9. The van der Waals surface area contributed by atoms with E-state index >= 15 is 0 Å². The van der Waals surface area contributed by atoms with Gasteiger partial charge in [-0.05, 0) is 12.8 Å². The summed E-state index contributed by atoms with van der Waals surface area (Å²) in [5.41, 5.74) is 5.19. The van der Waals surface area contributed by atoms with Crippen LogP contribution in [0, 0.1) is 0 Å². The van der Waals surface area contributed by atoms with Gasteiger partial charge in [-0.25, -0.2) is 4.79 Å². The van der Waals surface area contributed by atoms with E-state index in [4.69, 9.17) is 20.3 Å². The summed E-state index contributed by atoms with van der Waals surface area (Å²) in [5, 5.41) is 13.8. The molecule has 0 spiro atoms. The third-order valence-corrected chi connectivity index (χ3v) is 8.32. The molecule has 0 saturated heterocycles. The highest BCUT2D eigenvalue weighted by atomic mass is 16.5. The van der Waals surface area contributed by atoms with Crippen LogP contribution in [0.3, 0.4) is 0 Å². The minimum Gasteiger partial charge on any atom is -0.465 e. The summed E-state index contributed by atoms with van der Waals surface area (Å²) in [6, 6.07) is -1.24. The van der Waals surface area contributed by atoms with Gasteiger partial charge < -0.3 is 30.9 Å². The molecule has 0 aliphatic rings. The molecular weight excluding hydrogens is 570 g/mol. The molecule has 0 bridgehead atoms. The Kier molecular flexibility index (Phi) is 32.1. The predicted molar refractivity (Wildman–Crippen MR) is 184 cm³/mol. The van der Waals surface area contributed by atoms with Crippen molar-refractivity contribution in [3.8, 4) is 0 Å². The zero-order valence-electron chi connectivity index (χ0n) is 29.2. The highest BCUT2D eigenvalue weighted by Gasteiger charge is 2.23. The van der Waals surface area contributed by atoms with Gasteiger partial charge in [-0.1, -0.05) is 155 Å². The van der Waals surface area contributed by atoms with E-state index in [-0.39, 0.29) is 12.6 Å². The molecule has 0 heterocycles. The van der Waals surface area contributed by atoms with Crippen molar-refractivity contribution in [2.24, 2.45) is 5.73 Å². The van der Waals surface area contributed by atoms with Crippen molar-refractivity contribution < 1.29 is 29.0 Å². The quantitative estimate of drug-likeness (QED) is 0.0512. The first-order valence-electron chi connectivity index (χ1n) is 18.6. The molecule has 9 heteroatoms. The number of rotatable bonds is 35. The van der Waals surface area contributed by atoms with E-state index in [1.165, 1.54) is 128 Å². The van der Waals surface area contributed by atoms with Crippen LogP contribution in [0.25, 0.3) is 0 Å². The van der Waals surface area contributed by atoms with Crippen molar-refractivity contribution in [3.63, 3.8) is 0 Å². The molecule has 0 fully saturated rings. The van der Waals surface area contributed by atoms with Crippen molar-refractivity contribution in [2.45, 2.75) is 187 Å². The molecule has 2 unspecified atom stereocenters. The lowest BCUT2D eigenvalue weighted by atomic mass is 10.1. The van der Waals surface area contributed by atoms with Gasteiger partial charge in [0.1, 0.15) is 6.04 Å². The lowest BCUT2D eigenvalue weighted by Crippen LogP contribution is -2.50. The standard InChI is InChI=1S/C36H71N3O6/c1-3-5-7-9-11-13-15-17-19-21-23-25-27-44-31-32(30-38-35(41)33(29-34(37)40)39-36(42)43)45-28-26-24-22-20-18-16-14-12-10-8-6-4-2/h32-33,39H,3-31H2,1-2H3,(H2,37,40)(H,38,41)(H,42,43). The number of amides is 3. The zero-order chi connectivity index (χ0) is 33.2. The van der Waals surface area contributed by atoms with Crippen LogP contribution < -0.4 is 16.4 Å². The molecule has 45 heavy (non-hydrogen) atoms. The first-order valence-corrected chi connectivity index (χ1v) is 18.6. The van der Waals surface area contributed by atoms with Crippen LogP contribution in [0.2, 0.25) is 0 Å². The molecule has 0 aromatic heterocycles. The highest BCUT2D eigenvalue weighted by molar-refractivity contribution is 5.90. The average Bonchev–Trinajstić information content (AvgIpc) is 3.00. The highest BCUT2D eigenvalue weighted by Crippen LogP contribution is 2.13. The van der Waals surface area contributed by atoms with Crippen molar-refractivity contribution in [2.75, 3.05) is 26.4 Å². The Balaban J connectivity index is 4.27. The number of carboxylic acid groups (broad SMARTS) is 1. The van der Waals surface area contributed by atoms with E-state index in [1.54, 1.807) is 0 Å². The van der Waals surface area contributed by atoms with Gasteiger partial charge in [-0.2, -0.15) is 0 Å². The zero-order valence-corrected chi connectivity index (χ0v) is 29.2. The van der Waals surface area contributed by atoms with Crippen molar-refractivity contribution in [1.82, 2.24) is 10.6 Å². The van der Waals surface area contributed by atoms with E-state index in [0.29, 0.717) is 19.8 Å². The monoisotopic (exact) mass is 642 g/mol. The van der Waals surface area contributed by atoms with Gasteiger partial charge in [-0.3, -0.25) is 9.59 Å². The Hall–Kier alpha value is -1.87. The number of unbranched alkanes of at least 4 members (excludes halogenated alkanes) is 22. The fraction of sp³-hybridized carbons (Fsp3) is 0.917. The van der Waals surface area contributed by atoms with Gasteiger partial charge in [0.05, 0.1) is 19.1 Å². The average molecular weight is 642 g/mol. The lowest BCUT2D eigenvalue weighted by molar-refractivity contribution is -0.127. The lowest BCUT2D eigenvalue weighted by Gasteiger charge is -2.21. The molecule has 0 radical (unpaired) electrons. The topological polar surface area (TPSA) is 140 Å². The first kappa shape index (κ1) is 43.1. The number of nitrogens with two attached hydrogens (primary N) is 1. The Morgan fingerprint density at radius 3 is 1.42 bits per heavy atom. The smallest absolute Gasteiger partial charge is 0.405 e. The fourth-order valence-electron chi connectivity index (χ4n) is 5.52. The van der Waals surface area contributed by atoms with Gasteiger partial charge >= 0.3 is 6.09 Å². The molecule has 3 amide bonds. The van der Waals surface area contributed by atoms with E-state index in [1.807, 2.05) is 0 Å². The molecule has 266 valence electrons. The molecule has 0 rings (SSSR count). The van der Waals surface area contributed by atoms with Crippen molar-refractivity contribution in [1.29, 1.82) is 0 Å². The maximum atomic E-state index is 12.6. The van der Waals surface area contributed by atoms with Crippen LogP contribution in [0.1, 0.15) is 174 Å². The summed E-state index contributed by atoms with van der Waals surface area (Å²) in [6.07, 6.45) is 28.6. The Labute approximate surface area is 275 Å². The third-order valence-electron chi connectivity index (χ3n) is 8.32. The molecule has 9 nitrogen and oxygen atoms in total. The minimum absolute atomic E-state index is 0.173. The van der Waals surface area contributed by atoms with Crippen LogP contribution in [0.4, 0.5) is 4.79 Å².